The normalized spacial score (nSPS) is 16.0. The lowest BCUT2D eigenvalue weighted by Crippen LogP contribution is -2.41. The van der Waals surface area contributed by atoms with Crippen molar-refractivity contribution in [2.45, 2.75) is 18.9 Å². The van der Waals surface area contributed by atoms with Crippen molar-refractivity contribution >= 4 is 40.0 Å². The van der Waals surface area contributed by atoms with E-state index in [1.54, 1.807) is 6.07 Å². The molecule has 0 aliphatic carbocycles. The first-order valence-corrected chi connectivity index (χ1v) is 8.12. The number of fused-ring (bicyclic) bond motifs is 1. The third-order valence-electron chi connectivity index (χ3n) is 4.15. The fourth-order valence-corrected chi connectivity index (χ4v) is 3.11. The molecule has 2 N–H and O–H groups in total. The number of likely N-dealkylation sites (tertiary alicyclic amines) is 1. The van der Waals surface area contributed by atoms with Crippen molar-refractivity contribution in [2.75, 3.05) is 25.0 Å². The van der Waals surface area contributed by atoms with Crippen molar-refractivity contribution < 1.29 is 14.8 Å². The summed E-state index contributed by atoms with van der Waals surface area (Å²) in [4.78, 5) is 31.4. The van der Waals surface area contributed by atoms with Gasteiger partial charge in [0.1, 0.15) is 5.82 Å². The molecule has 1 aliphatic heterocycles. The fraction of sp³-hybridized carbons (Fsp3) is 0.400. The molecule has 0 unspecified atom stereocenters. The van der Waals surface area contributed by atoms with E-state index in [4.69, 9.17) is 16.7 Å². The Morgan fingerprint density at radius 3 is 2.76 bits per heavy atom. The maximum absolute atomic E-state index is 11.0. The van der Waals surface area contributed by atoms with Gasteiger partial charge < -0.3 is 10.4 Å². The van der Waals surface area contributed by atoms with Crippen LogP contribution in [0.5, 0.6) is 0 Å². The van der Waals surface area contributed by atoms with Crippen molar-refractivity contribution in [1.29, 1.82) is 0 Å². The van der Waals surface area contributed by atoms with Gasteiger partial charge in [-0.1, -0.05) is 0 Å². The van der Waals surface area contributed by atoms with Crippen LogP contribution < -0.4 is 5.32 Å². The van der Waals surface area contributed by atoms with Gasteiger partial charge in [0.25, 0.3) is 5.69 Å². The van der Waals surface area contributed by atoms with Gasteiger partial charge in [-0.3, -0.25) is 19.8 Å². The first-order chi connectivity index (χ1) is 11.9. The number of carboxylic acid groups (broad SMARTS) is 1. The molecule has 2 heterocycles. The Hall–Kier alpha value is -2.52. The molecule has 1 aromatic carbocycles. The Kier molecular flexibility index (Phi) is 4.95. The number of nitro benzene ring substituents is 1. The molecule has 132 valence electrons. The van der Waals surface area contributed by atoms with Crippen LogP contribution in [0.1, 0.15) is 12.8 Å². The van der Waals surface area contributed by atoms with Crippen molar-refractivity contribution in [3.05, 3.63) is 33.6 Å². The lowest BCUT2D eigenvalue weighted by atomic mass is 10.0. The number of carboxylic acids is 1. The second kappa shape index (κ2) is 7.16. The SMILES string of the molecule is O=C(O)CN1CCC(Nc2nc(Cl)nc3ccc([N+](=O)[O-])cc23)CC1. The Morgan fingerprint density at radius 2 is 2.12 bits per heavy atom. The topological polar surface area (TPSA) is 121 Å². The van der Waals surface area contributed by atoms with Gasteiger partial charge in [0.15, 0.2) is 0 Å². The van der Waals surface area contributed by atoms with Crippen LogP contribution in [0.25, 0.3) is 10.9 Å². The molecule has 3 rings (SSSR count). The second-order valence-electron chi connectivity index (χ2n) is 5.89. The number of nitrogens with one attached hydrogen (secondary N) is 1. The monoisotopic (exact) mass is 365 g/mol. The molecule has 0 amide bonds. The molecule has 0 bridgehead atoms. The summed E-state index contributed by atoms with van der Waals surface area (Å²) < 4.78 is 0. The first-order valence-electron chi connectivity index (χ1n) is 7.75. The molecule has 0 spiro atoms. The van der Waals surface area contributed by atoms with Crippen LogP contribution in [0, 0.1) is 10.1 Å². The zero-order chi connectivity index (χ0) is 18.0. The van der Waals surface area contributed by atoms with E-state index >= 15 is 0 Å². The molecule has 0 saturated carbocycles. The van der Waals surface area contributed by atoms with Gasteiger partial charge in [0.05, 0.1) is 17.0 Å². The highest BCUT2D eigenvalue weighted by atomic mass is 35.5. The van der Waals surface area contributed by atoms with Gasteiger partial charge in [0, 0.05) is 36.7 Å². The number of hydrogen-bond donors (Lipinski definition) is 2. The molecule has 0 atom stereocenters. The highest BCUT2D eigenvalue weighted by Gasteiger charge is 2.22. The minimum atomic E-state index is -0.840. The molecule has 25 heavy (non-hydrogen) atoms. The summed E-state index contributed by atoms with van der Waals surface area (Å²) in [7, 11) is 0. The number of benzene rings is 1. The van der Waals surface area contributed by atoms with Crippen LogP contribution in [0.2, 0.25) is 5.28 Å². The van der Waals surface area contributed by atoms with Crippen LogP contribution in [-0.4, -0.2) is 56.5 Å². The standard InChI is InChI=1S/C15H16ClN5O4/c16-15-18-12-2-1-10(21(24)25)7-11(12)14(19-15)17-9-3-5-20(6-4-9)8-13(22)23/h1-2,7,9H,3-6,8H2,(H,22,23)(H,17,18,19). The molecular weight excluding hydrogens is 350 g/mol. The van der Waals surface area contributed by atoms with Gasteiger partial charge in [-0.25, -0.2) is 9.97 Å². The minimum absolute atomic E-state index is 0.0289. The maximum Gasteiger partial charge on any atom is 0.317 e. The third kappa shape index (κ3) is 4.12. The van der Waals surface area contributed by atoms with E-state index in [0.29, 0.717) is 29.8 Å². The summed E-state index contributed by atoms with van der Waals surface area (Å²) >= 11 is 5.95. The summed E-state index contributed by atoms with van der Waals surface area (Å²) in [5.74, 6) is -0.386. The van der Waals surface area contributed by atoms with Crippen molar-refractivity contribution in [2.24, 2.45) is 0 Å². The average Bonchev–Trinajstić information content (AvgIpc) is 2.55. The number of aliphatic carboxylic acids is 1. The molecule has 1 fully saturated rings. The fourth-order valence-electron chi connectivity index (χ4n) is 2.93. The molecule has 9 nitrogen and oxygen atoms in total. The number of carbonyl (C=O) groups is 1. The molecule has 2 aromatic rings. The lowest BCUT2D eigenvalue weighted by molar-refractivity contribution is -0.384. The summed E-state index contributed by atoms with van der Waals surface area (Å²) in [5.41, 5.74) is 0.481. The van der Waals surface area contributed by atoms with Crippen LogP contribution in [-0.2, 0) is 4.79 Å². The quantitative estimate of drug-likeness (QED) is 0.469. The van der Waals surface area contributed by atoms with Crippen LogP contribution in [0.3, 0.4) is 0 Å². The Bertz CT molecular complexity index is 823. The number of nitro groups is 1. The zero-order valence-electron chi connectivity index (χ0n) is 13.2. The summed E-state index contributed by atoms with van der Waals surface area (Å²) in [5, 5.41) is 23.7. The molecule has 0 radical (unpaired) electrons. The van der Waals surface area contributed by atoms with Crippen molar-refractivity contribution in [3.63, 3.8) is 0 Å². The number of piperidine rings is 1. The smallest absolute Gasteiger partial charge is 0.317 e. The van der Waals surface area contributed by atoms with Crippen molar-refractivity contribution in [3.8, 4) is 0 Å². The van der Waals surface area contributed by atoms with Crippen LogP contribution >= 0.6 is 11.6 Å². The summed E-state index contributed by atoms with van der Waals surface area (Å²) in [6.07, 6.45) is 1.48. The third-order valence-corrected chi connectivity index (χ3v) is 4.32. The van der Waals surface area contributed by atoms with Crippen LogP contribution in [0.4, 0.5) is 11.5 Å². The molecule has 1 aliphatic rings. The van der Waals surface area contributed by atoms with E-state index in [0.717, 1.165) is 12.8 Å². The number of nitrogens with zero attached hydrogens (tertiary/aromatic N) is 4. The predicted octanol–water partition coefficient (Wildman–Crippen LogP) is 2.15. The number of non-ortho nitro benzene ring substituents is 1. The number of rotatable bonds is 5. The highest BCUT2D eigenvalue weighted by molar-refractivity contribution is 6.28. The van der Waals surface area contributed by atoms with Crippen molar-refractivity contribution in [1.82, 2.24) is 14.9 Å². The van der Waals surface area contributed by atoms with Gasteiger partial charge in [-0.2, -0.15) is 0 Å². The number of hydrogen-bond acceptors (Lipinski definition) is 7. The highest BCUT2D eigenvalue weighted by Crippen LogP contribution is 2.28. The predicted molar refractivity (Wildman–Crippen MR) is 91.9 cm³/mol. The van der Waals surface area contributed by atoms with Crippen LogP contribution in [0.15, 0.2) is 18.2 Å². The minimum Gasteiger partial charge on any atom is -0.480 e. The van der Waals surface area contributed by atoms with E-state index in [2.05, 4.69) is 15.3 Å². The maximum atomic E-state index is 11.0. The largest absolute Gasteiger partial charge is 0.480 e. The van der Waals surface area contributed by atoms with E-state index in [1.165, 1.54) is 12.1 Å². The summed E-state index contributed by atoms with van der Waals surface area (Å²) in [6.45, 7) is 1.34. The Morgan fingerprint density at radius 1 is 1.40 bits per heavy atom. The Labute approximate surface area is 147 Å². The van der Waals surface area contributed by atoms with E-state index in [-0.39, 0.29) is 23.6 Å². The number of anilines is 1. The molecular formula is C15H16ClN5O4. The Balaban J connectivity index is 1.80. The number of halogens is 1. The average molecular weight is 366 g/mol. The van der Waals surface area contributed by atoms with Gasteiger partial charge in [-0.15, -0.1) is 0 Å². The number of aromatic nitrogens is 2. The molecule has 1 aromatic heterocycles. The summed E-state index contributed by atoms with van der Waals surface area (Å²) in [6, 6.07) is 4.42. The van der Waals surface area contributed by atoms with Gasteiger partial charge in [-0.05, 0) is 30.5 Å². The van der Waals surface area contributed by atoms with Gasteiger partial charge >= 0.3 is 5.97 Å². The molecule has 10 heteroatoms. The zero-order valence-corrected chi connectivity index (χ0v) is 13.9. The first kappa shape index (κ1) is 17.3. The van der Waals surface area contributed by atoms with E-state index in [9.17, 15) is 14.9 Å². The molecule has 1 saturated heterocycles. The van der Waals surface area contributed by atoms with Gasteiger partial charge in [0.2, 0.25) is 5.28 Å². The lowest BCUT2D eigenvalue weighted by Gasteiger charge is -2.31. The van der Waals surface area contributed by atoms with E-state index < -0.39 is 10.9 Å². The second-order valence-corrected chi connectivity index (χ2v) is 6.23. The van der Waals surface area contributed by atoms with E-state index in [1.807, 2.05) is 4.90 Å².